The second kappa shape index (κ2) is 7.02. The van der Waals surface area contributed by atoms with Crippen LogP contribution in [0.15, 0.2) is 26.1 Å². The van der Waals surface area contributed by atoms with E-state index in [9.17, 15) is 24.9 Å². The van der Waals surface area contributed by atoms with Crippen molar-refractivity contribution in [3.63, 3.8) is 0 Å². The molecule has 0 spiro atoms. The lowest BCUT2D eigenvalue weighted by Gasteiger charge is -2.34. The quantitative estimate of drug-likeness (QED) is 0.272. The zero-order valence-corrected chi connectivity index (χ0v) is 19.3. The third kappa shape index (κ3) is 2.52. The van der Waals surface area contributed by atoms with E-state index in [4.69, 9.17) is 19.7 Å². The van der Waals surface area contributed by atoms with Crippen molar-refractivity contribution in [3.8, 4) is 28.4 Å². The van der Waals surface area contributed by atoms with Crippen molar-refractivity contribution in [2.45, 2.75) is 44.8 Å². The first-order chi connectivity index (χ1) is 17.3. The number of fused-ring (bicyclic) bond motifs is 6. The van der Waals surface area contributed by atoms with E-state index in [0.29, 0.717) is 53.7 Å². The minimum Gasteiger partial charge on any atom is -0.506 e. The number of phenols is 2. The SMILES string of the molecule is Cc1cc2cc3c(c(O)c2c(=O)n1N)-c1c2c(c4oc5c(c(=O)c4c1O)[C@@H](O)CCC5)OCO[C@@H]2C3. The minimum atomic E-state index is -1.01. The van der Waals surface area contributed by atoms with Gasteiger partial charge in [-0.15, -0.1) is 0 Å². The Bertz CT molecular complexity index is 1780. The molecule has 0 fully saturated rings. The Morgan fingerprint density at radius 1 is 1.08 bits per heavy atom. The van der Waals surface area contributed by atoms with Crippen LogP contribution in [0.5, 0.6) is 17.2 Å². The molecular formula is C26H22N2O8. The molecule has 2 aromatic carbocycles. The Morgan fingerprint density at radius 2 is 1.86 bits per heavy atom. The molecule has 3 aliphatic rings. The predicted molar refractivity (Wildman–Crippen MR) is 129 cm³/mol. The van der Waals surface area contributed by atoms with Gasteiger partial charge in [0.15, 0.2) is 18.1 Å². The Balaban J connectivity index is 1.67. The van der Waals surface area contributed by atoms with Gasteiger partial charge in [-0.25, -0.2) is 4.68 Å². The molecule has 0 amide bonds. The zero-order chi connectivity index (χ0) is 25.0. The molecule has 0 bridgehead atoms. The summed E-state index contributed by atoms with van der Waals surface area (Å²) in [6, 6.07) is 3.47. The molecule has 184 valence electrons. The lowest BCUT2D eigenvalue weighted by molar-refractivity contribution is -0.0591. The van der Waals surface area contributed by atoms with Gasteiger partial charge < -0.3 is 35.1 Å². The largest absolute Gasteiger partial charge is 0.506 e. The van der Waals surface area contributed by atoms with Gasteiger partial charge in [0.05, 0.1) is 23.2 Å². The molecule has 10 heteroatoms. The molecule has 2 aromatic heterocycles. The molecule has 0 saturated heterocycles. The summed E-state index contributed by atoms with van der Waals surface area (Å²) in [6.07, 6.45) is 0.351. The van der Waals surface area contributed by atoms with Gasteiger partial charge in [0, 0.05) is 35.2 Å². The molecule has 0 unspecified atom stereocenters. The highest BCUT2D eigenvalue weighted by molar-refractivity contribution is 6.05. The van der Waals surface area contributed by atoms with Crippen LogP contribution in [0, 0.1) is 6.92 Å². The van der Waals surface area contributed by atoms with Gasteiger partial charge in [-0.3, -0.25) is 9.59 Å². The van der Waals surface area contributed by atoms with Crippen molar-refractivity contribution >= 4 is 21.7 Å². The molecule has 1 aliphatic heterocycles. The zero-order valence-electron chi connectivity index (χ0n) is 19.3. The maximum Gasteiger partial charge on any atom is 0.280 e. The van der Waals surface area contributed by atoms with E-state index in [1.165, 1.54) is 0 Å². The summed E-state index contributed by atoms with van der Waals surface area (Å²) in [5.41, 5.74) is 1.01. The van der Waals surface area contributed by atoms with Crippen LogP contribution in [0.1, 0.15) is 53.2 Å². The summed E-state index contributed by atoms with van der Waals surface area (Å²) >= 11 is 0. The molecule has 0 radical (unpaired) electrons. The minimum absolute atomic E-state index is 0.000842. The number of nitrogens with two attached hydrogens (primary N) is 1. The van der Waals surface area contributed by atoms with Crippen LogP contribution in [-0.4, -0.2) is 26.8 Å². The summed E-state index contributed by atoms with van der Waals surface area (Å²) in [4.78, 5) is 26.6. The number of aryl methyl sites for hydroxylation is 2. The number of nitrogens with zero attached hydrogens (tertiary/aromatic N) is 1. The van der Waals surface area contributed by atoms with Gasteiger partial charge in [0.25, 0.3) is 5.56 Å². The topological polar surface area (TPSA) is 157 Å². The lowest BCUT2D eigenvalue weighted by atomic mass is 9.79. The average Bonchev–Trinajstić information content (AvgIpc) is 2.84. The normalized spacial score (nSPS) is 20.1. The van der Waals surface area contributed by atoms with Gasteiger partial charge in [-0.2, -0.15) is 0 Å². The van der Waals surface area contributed by atoms with Gasteiger partial charge in [0.2, 0.25) is 5.43 Å². The van der Waals surface area contributed by atoms with Crippen molar-refractivity contribution in [3.05, 3.63) is 60.9 Å². The molecule has 7 rings (SSSR count). The number of aromatic nitrogens is 1. The first-order valence-electron chi connectivity index (χ1n) is 11.8. The van der Waals surface area contributed by atoms with Gasteiger partial charge in [-0.05, 0) is 42.8 Å². The number of hydrogen-bond donors (Lipinski definition) is 4. The number of hydrogen-bond acceptors (Lipinski definition) is 9. The first kappa shape index (κ1) is 21.3. The van der Waals surface area contributed by atoms with Gasteiger partial charge >= 0.3 is 0 Å². The Labute approximate surface area is 202 Å². The fourth-order valence-electron chi connectivity index (χ4n) is 6.00. The second-order valence-electron chi connectivity index (χ2n) is 9.65. The standard InChI is InChI=1S/C26H22N2O8/c1-9-5-10-6-11-7-14-18-19(15(11)21(30)16(10)26(33)28(9)27)23(32)20-22(31)17-12(29)3-2-4-13(17)36-25(20)24(18)35-8-34-14/h5-6,12,14,29-30,32H,2-4,7-8,27H2,1H3/t12-,14+/m0/s1. The molecule has 5 N–H and O–H groups in total. The number of ether oxygens (including phenoxy) is 2. The molecule has 10 nitrogen and oxygen atoms in total. The fourth-order valence-corrected chi connectivity index (χ4v) is 6.00. The Hall–Kier alpha value is -4.02. The summed E-state index contributed by atoms with van der Waals surface area (Å²) in [7, 11) is 0. The molecular weight excluding hydrogens is 468 g/mol. The van der Waals surface area contributed by atoms with Crippen LogP contribution in [0.25, 0.3) is 32.9 Å². The van der Waals surface area contributed by atoms with E-state index >= 15 is 0 Å². The Kier molecular flexibility index (Phi) is 4.15. The molecule has 36 heavy (non-hydrogen) atoms. The smallest absolute Gasteiger partial charge is 0.280 e. The van der Waals surface area contributed by atoms with Crippen LogP contribution in [0.3, 0.4) is 0 Å². The van der Waals surface area contributed by atoms with E-state index in [-0.39, 0.29) is 51.3 Å². The maximum atomic E-state index is 13.6. The molecule has 3 heterocycles. The third-order valence-electron chi connectivity index (χ3n) is 7.67. The summed E-state index contributed by atoms with van der Waals surface area (Å²) in [5, 5.41) is 33.9. The number of nitrogen functional groups attached to an aromatic ring is 1. The van der Waals surface area contributed by atoms with Gasteiger partial charge in [-0.1, -0.05) is 0 Å². The van der Waals surface area contributed by atoms with Crippen molar-refractivity contribution in [2.24, 2.45) is 0 Å². The molecule has 2 atom stereocenters. The number of benzene rings is 2. The molecule has 2 aliphatic carbocycles. The van der Waals surface area contributed by atoms with Crippen LogP contribution in [0.2, 0.25) is 0 Å². The van der Waals surface area contributed by atoms with E-state index < -0.39 is 28.9 Å². The van der Waals surface area contributed by atoms with E-state index in [2.05, 4.69) is 0 Å². The number of phenolic OH excluding ortho intramolecular Hbond substituents is 2. The number of aliphatic hydroxyl groups is 1. The van der Waals surface area contributed by atoms with Crippen molar-refractivity contribution in [2.75, 3.05) is 12.6 Å². The molecule has 0 saturated carbocycles. The maximum absolute atomic E-state index is 13.6. The van der Waals surface area contributed by atoms with Crippen molar-refractivity contribution in [1.29, 1.82) is 0 Å². The number of rotatable bonds is 0. The van der Waals surface area contributed by atoms with Crippen molar-refractivity contribution < 1.29 is 29.2 Å². The predicted octanol–water partition coefficient (Wildman–Crippen LogP) is 2.54. The van der Waals surface area contributed by atoms with Crippen molar-refractivity contribution in [1.82, 2.24) is 4.68 Å². The van der Waals surface area contributed by atoms with Crippen LogP contribution in [-0.2, 0) is 17.6 Å². The summed E-state index contributed by atoms with van der Waals surface area (Å²) in [5.74, 6) is 5.74. The highest BCUT2D eigenvalue weighted by atomic mass is 16.7. The van der Waals surface area contributed by atoms with Gasteiger partial charge in [0.1, 0.15) is 22.6 Å². The monoisotopic (exact) mass is 490 g/mol. The summed E-state index contributed by atoms with van der Waals surface area (Å²) in [6.45, 7) is 1.60. The van der Waals surface area contributed by atoms with Crippen LogP contribution < -0.4 is 21.6 Å². The molecule has 4 aromatic rings. The lowest BCUT2D eigenvalue weighted by Crippen LogP contribution is -2.29. The second-order valence-corrected chi connectivity index (χ2v) is 9.65. The highest BCUT2D eigenvalue weighted by Gasteiger charge is 2.40. The number of pyridine rings is 1. The van der Waals surface area contributed by atoms with E-state index in [1.54, 1.807) is 19.1 Å². The average molecular weight is 490 g/mol. The number of aliphatic hydroxyl groups excluding tert-OH is 1. The summed E-state index contributed by atoms with van der Waals surface area (Å²) < 4.78 is 18.7. The van der Waals surface area contributed by atoms with E-state index in [0.717, 1.165) is 4.68 Å². The Morgan fingerprint density at radius 3 is 2.67 bits per heavy atom. The van der Waals surface area contributed by atoms with E-state index in [1.807, 2.05) is 0 Å². The first-order valence-corrected chi connectivity index (χ1v) is 11.8. The third-order valence-corrected chi connectivity index (χ3v) is 7.67. The fraction of sp³-hybridized carbons (Fsp3) is 0.308. The van der Waals surface area contributed by atoms with Crippen LogP contribution in [0.4, 0.5) is 0 Å². The number of aromatic hydroxyl groups is 2. The highest BCUT2D eigenvalue weighted by Crippen LogP contribution is 2.57. The van der Waals surface area contributed by atoms with Crippen LogP contribution >= 0.6 is 0 Å².